The summed E-state index contributed by atoms with van der Waals surface area (Å²) >= 11 is 0. The lowest BCUT2D eigenvalue weighted by Gasteiger charge is -2.13. The van der Waals surface area contributed by atoms with Gasteiger partial charge in [-0.1, -0.05) is 12.1 Å². The summed E-state index contributed by atoms with van der Waals surface area (Å²) in [5.41, 5.74) is 6.50. The van der Waals surface area contributed by atoms with Crippen molar-refractivity contribution in [3.63, 3.8) is 0 Å². The molecule has 1 fully saturated rings. The van der Waals surface area contributed by atoms with Crippen molar-refractivity contribution in [3.8, 4) is 0 Å². The van der Waals surface area contributed by atoms with Gasteiger partial charge >= 0.3 is 0 Å². The molecule has 0 radical (unpaired) electrons. The number of nitrogens with zero attached hydrogens (tertiary/aromatic N) is 1. The Morgan fingerprint density at radius 3 is 2.83 bits per heavy atom. The van der Waals surface area contributed by atoms with Crippen LogP contribution in [0.5, 0.6) is 0 Å². The van der Waals surface area contributed by atoms with E-state index in [1.807, 2.05) is 0 Å². The molecule has 0 spiro atoms. The second-order valence-electron chi connectivity index (χ2n) is 6.44. The lowest BCUT2D eigenvalue weighted by Crippen LogP contribution is -2.39. The predicted octanol–water partition coefficient (Wildman–Crippen LogP) is 0.357. The zero-order chi connectivity index (χ0) is 17.3. The number of sulfonamides is 1. The third-order valence-corrected chi connectivity index (χ3v) is 5.65. The average molecular weight is 350 g/mol. The maximum absolute atomic E-state index is 12.0. The topological polar surface area (TPSA) is 114 Å². The van der Waals surface area contributed by atoms with Gasteiger partial charge in [-0.25, -0.2) is 8.42 Å². The zero-order valence-electron chi connectivity index (χ0n) is 13.5. The number of hydrogen-bond donors (Lipinski definition) is 3. The number of fused-ring (bicyclic) bond motifs is 1. The Labute approximate surface area is 141 Å². The average Bonchev–Trinajstić information content (AvgIpc) is 3.33. The molecule has 1 heterocycles. The molecule has 1 saturated carbocycles. The Kier molecular flexibility index (Phi) is 4.60. The summed E-state index contributed by atoms with van der Waals surface area (Å²) in [6.07, 6.45) is 2.46. The van der Waals surface area contributed by atoms with Gasteiger partial charge in [0.15, 0.2) is 0 Å². The molecule has 0 saturated heterocycles. The summed E-state index contributed by atoms with van der Waals surface area (Å²) in [5.74, 6) is 0.699. The van der Waals surface area contributed by atoms with E-state index >= 15 is 0 Å². The number of nitrogens with two attached hydrogens (primary N) is 1. The van der Waals surface area contributed by atoms with Gasteiger partial charge in [0.25, 0.3) is 10.0 Å². The number of aliphatic imine (C=N–C) groups is 1. The first-order chi connectivity index (χ1) is 11.4. The van der Waals surface area contributed by atoms with Crippen LogP contribution in [0.1, 0.15) is 31.7 Å². The van der Waals surface area contributed by atoms with Crippen molar-refractivity contribution in [2.75, 3.05) is 6.54 Å². The molecule has 1 aliphatic heterocycles. The van der Waals surface area contributed by atoms with Crippen LogP contribution in [0.25, 0.3) is 0 Å². The maximum atomic E-state index is 12.0. The van der Waals surface area contributed by atoms with Gasteiger partial charge in [-0.05, 0) is 37.8 Å². The van der Waals surface area contributed by atoms with E-state index in [1.54, 1.807) is 25.1 Å². The van der Waals surface area contributed by atoms with E-state index in [1.165, 1.54) is 6.07 Å². The molecule has 1 aromatic carbocycles. The molecule has 130 valence electrons. The summed E-state index contributed by atoms with van der Waals surface area (Å²) in [6, 6.07) is 6.34. The fourth-order valence-corrected chi connectivity index (χ4v) is 4.00. The third kappa shape index (κ3) is 3.76. The molecule has 8 heteroatoms. The number of amidine groups is 1. The van der Waals surface area contributed by atoms with E-state index in [2.05, 4.69) is 15.0 Å². The van der Waals surface area contributed by atoms with Crippen LogP contribution in [0.2, 0.25) is 0 Å². The van der Waals surface area contributed by atoms with E-state index in [-0.39, 0.29) is 29.3 Å². The monoisotopic (exact) mass is 350 g/mol. The summed E-state index contributed by atoms with van der Waals surface area (Å²) in [6.45, 7) is 2.25. The number of carbonyl (C=O) groups excluding carboxylic acids is 1. The highest BCUT2D eigenvalue weighted by atomic mass is 32.2. The predicted molar refractivity (Wildman–Crippen MR) is 91.1 cm³/mol. The molecule has 1 amide bonds. The summed E-state index contributed by atoms with van der Waals surface area (Å²) in [5, 5.41) is 2.82. The standard InChI is InChI=1S/C16H22N4O3S/c1-10(8-15(21)18-9-13(17)11-6-7-11)19-16-12-4-2-3-5-14(12)24(22,23)20-16/h2-5,10-11,13H,6-9,17H2,1H3,(H,18,21)(H,19,20). The minimum absolute atomic E-state index is 0.0177. The van der Waals surface area contributed by atoms with Crippen LogP contribution in [-0.2, 0) is 14.8 Å². The van der Waals surface area contributed by atoms with Gasteiger partial charge in [-0.15, -0.1) is 0 Å². The van der Waals surface area contributed by atoms with Gasteiger partial charge in [0, 0.05) is 24.6 Å². The maximum Gasteiger partial charge on any atom is 0.263 e. The van der Waals surface area contributed by atoms with Crippen molar-refractivity contribution in [3.05, 3.63) is 29.8 Å². The van der Waals surface area contributed by atoms with Gasteiger partial charge in [0.05, 0.1) is 10.9 Å². The highest BCUT2D eigenvalue weighted by molar-refractivity contribution is 7.90. The number of carbonyl (C=O) groups is 1. The fraction of sp³-hybridized carbons (Fsp3) is 0.500. The van der Waals surface area contributed by atoms with Crippen LogP contribution in [0.3, 0.4) is 0 Å². The Morgan fingerprint density at radius 1 is 1.42 bits per heavy atom. The summed E-state index contributed by atoms with van der Waals surface area (Å²) in [7, 11) is -3.55. The molecule has 4 N–H and O–H groups in total. The van der Waals surface area contributed by atoms with Crippen molar-refractivity contribution in [1.29, 1.82) is 0 Å². The lowest BCUT2D eigenvalue weighted by atomic mass is 10.1. The molecule has 3 rings (SSSR count). The Morgan fingerprint density at radius 2 is 2.12 bits per heavy atom. The van der Waals surface area contributed by atoms with Gasteiger partial charge < -0.3 is 11.1 Å². The van der Waals surface area contributed by atoms with Crippen molar-refractivity contribution in [2.45, 2.75) is 43.2 Å². The third-order valence-electron chi connectivity index (χ3n) is 4.26. The van der Waals surface area contributed by atoms with E-state index in [0.29, 0.717) is 23.9 Å². The molecule has 1 aliphatic carbocycles. The van der Waals surface area contributed by atoms with Gasteiger partial charge in [0.1, 0.15) is 5.84 Å². The second kappa shape index (κ2) is 6.52. The molecule has 7 nitrogen and oxygen atoms in total. The molecule has 2 aliphatic rings. The number of nitrogens with one attached hydrogen (secondary N) is 2. The lowest BCUT2D eigenvalue weighted by molar-refractivity contribution is -0.121. The SMILES string of the molecule is CC(CC(=O)NCC(N)C1CC1)N=C1NS(=O)(=O)c2ccccc21. The smallest absolute Gasteiger partial charge is 0.263 e. The van der Waals surface area contributed by atoms with Gasteiger partial charge in [-0.3, -0.25) is 14.5 Å². The molecular formula is C16H22N4O3S. The molecule has 2 unspecified atom stereocenters. The molecule has 1 aromatic rings. The Hall–Kier alpha value is -1.93. The van der Waals surface area contributed by atoms with Crippen molar-refractivity contribution in [1.82, 2.24) is 10.0 Å². The van der Waals surface area contributed by atoms with Crippen LogP contribution in [0, 0.1) is 5.92 Å². The first-order valence-corrected chi connectivity index (χ1v) is 9.57. The molecule has 2 atom stereocenters. The number of rotatable bonds is 6. The normalized spacial score (nSPS) is 22.5. The number of amides is 1. The van der Waals surface area contributed by atoms with Crippen LogP contribution < -0.4 is 15.8 Å². The molecule has 0 bridgehead atoms. The van der Waals surface area contributed by atoms with E-state index < -0.39 is 10.0 Å². The van der Waals surface area contributed by atoms with Crippen LogP contribution in [-0.4, -0.2) is 38.8 Å². The van der Waals surface area contributed by atoms with Crippen molar-refractivity contribution < 1.29 is 13.2 Å². The first-order valence-electron chi connectivity index (χ1n) is 8.09. The fourth-order valence-electron chi connectivity index (χ4n) is 2.76. The summed E-state index contributed by atoms with van der Waals surface area (Å²) < 4.78 is 26.5. The van der Waals surface area contributed by atoms with Crippen molar-refractivity contribution >= 4 is 21.8 Å². The van der Waals surface area contributed by atoms with E-state index in [4.69, 9.17) is 5.73 Å². The Bertz CT molecular complexity index is 771. The van der Waals surface area contributed by atoms with Crippen LogP contribution >= 0.6 is 0 Å². The van der Waals surface area contributed by atoms with Gasteiger partial charge in [-0.2, -0.15) is 0 Å². The Balaban J connectivity index is 1.61. The molecule has 24 heavy (non-hydrogen) atoms. The van der Waals surface area contributed by atoms with Crippen LogP contribution in [0.15, 0.2) is 34.2 Å². The minimum atomic E-state index is -3.55. The first kappa shape index (κ1) is 16.9. The minimum Gasteiger partial charge on any atom is -0.354 e. The quantitative estimate of drug-likeness (QED) is 0.687. The molecular weight excluding hydrogens is 328 g/mol. The van der Waals surface area contributed by atoms with E-state index in [9.17, 15) is 13.2 Å². The van der Waals surface area contributed by atoms with Crippen molar-refractivity contribution in [2.24, 2.45) is 16.6 Å². The number of hydrogen-bond acceptors (Lipinski definition) is 5. The number of benzene rings is 1. The van der Waals surface area contributed by atoms with Crippen LogP contribution in [0.4, 0.5) is 0 Å². The van der Waals surface area contributed by atoms with Gasteiger partial charge in [0.2, 0.25) is 5.91 Å². The second-order valence-corrected chi connectivity index (χ2v) is 8.09. The largest absolute Gasteiger partial charge is 0.354 e. The highest BCUT2D eigenvalue weighted by Crippen LogP contribution is 2.31. The highest BCUT2D eigenvalue weighted by Gasteiger charge is 2.31. The summed E-state index contributed by atoms with van der Waals surface area (Å²) in [4.78, 5) is 16.6. The molecule has 0 aromatic heterocycles. The van der Waals surface area contributed by atoms with E-state index in [0.717, 1.165) is 12.8 Å². The zero-order valence-corrected chi connectivity index (χ0v) is 14.3.